The lowest BCUT2D eigenvalue weighted by Gasteiger charge is -2.50. The molecule has 0 aromatic heterocycles. The van der Waals surface area contributed by atoms with Crippen molar-refractivity contribution >= 4 is 17.6 Å². The first-order valence-corrected chi connectivity index (χ1v) is 8.66. The van der Waals surface area contributed by atoms with Gasteiger partial charge in [-0.05, 0) is 51.8 Å². The number of likely N-dealkylation sites (tertiary alicyclic amines) is 1. The Morgan fingerprint density at radius 2 is 1.88 bits per heavy atom. The van der Waals surface area contributed by atoms with Gasteiger partial charge in [-0.15, -0.1) is 0 Å². The number of carbonyl (C=O) groups is 2. The Kier molecular flexibility index (Phi) is 4.25. The molecule has 0 unspecified atom stereocenters. The topological polar surface area (TPSA) is 49.9 Å². The lowest BCUT2D eigenvalue weighted by atomic mass is 9.77. The van der Waals surface area contributed by atoms with Crippen molar-refractivity contribution in [3.05, 3.63) is 29.6 Å². The number of amides is 1. The van der Waals surface area contributed by atoms with E-state index in [1.54, 1.807) is 11.0 Å². The molecule has 1 saturated heterocycles. The predicted octanol–water partition coefficient (Wildman–Crippen LogP) is 3.62. The molecule has 5 nitrogen and oxygen atoms in total. The molecule has 25 heavy (non-hydrogen) atoms. The van der Waals surface area contributed by atoms with Crippen molar-refractivity contribution in [2.75, 3.05) is 25.0 Å². The zero-order valence-corrected chi connectivity index (χ0v) is 15.3. The Morgan fingerprint density at radius 3 is 2.48 bits per heavy atom. The van der Waals surface area contributed by atoms with Crippen LogP contribution in [0.2, 0.25) is 0 Å². The number of ether oxygens (including phenoxy) is 1. The van der Waals surface area contributed by atoms with Gasteiger partial charge < -0.3 is 14.5 Å². The first-order valence-electron chi connectivity index (χ1n) is 8.66. The molecule has 0 saturated carbocycles. The number of nitrogens with zero attached hydrogens (tertiary/aromatic N) is 2. The third-order valence-corrected chi connectivity index (χ3v) is 5.17. The number of benzene rings is 1. The third-order valence-electron chi connectivity index (χ3n) is 5.17. The number of piperidine rings is 1. The van der Waals surface area contributed by atoms with Crippen LogP contribution in [0.3, 0.4) is 0 Å². The normalized spacial score (nSPS) is 19.8. The highest BCUT2D eigenvalue weighted by atomic mass is 19.1. The van der Waals surface area contributed by atoms with Gasteiger partial charge in [0.15, 0.2) is 5.78 Å². The van der Waals surface area contributed by atoms with Crippen LogP contribution >= 0.6 is 0 Å². The van der Waals surface area contributed by atoms with Gasteiger partial charge in [0.25, 0.3) is 0 Å². The lowest BCUT2D eigenvalue weighted by Crippen LogP contribution is -2.58. The fourth-order valence-electron chi connectivity index (χ4n) is 3.74. The summed E-state index contributed by atoms with van der Waals surface area (Å²) in [7, 11) is 1.95. The van der Waals surface area contributed by atoms with E-state index < -0.39 is 11.4 Å². The van der Waals surface area contributed by atoms with E-state index in [0.717, 1.165) is 5.69 Å². The quantitative estimate of drug-likeness (QED) is 0.718. The Balaban J connectivity index is 1.76. The number of carbonyl (C=O) groups excluding carboxylic acids is 2. The van der Waals surface area contributed by atoms with E-state index >= 15 is 0 Å². The van der Waals surface area contributed by atoms with Gasteiger partial charge in [-0.2, -0.15) is 0 Å². The molecular weight excluding hydrogens is 323 g/mol. The Labute approximate surface area is 147 Å². The van der Waals surface area contributed by atoms with Gasteiger partial charge >= 0.3 is 6.09 Å². The van der Waals surface area contributed by atoms with Gasteiger partial charge in [-0.25, -0.2) is 9.18 Å². The molecule has 1 spiro atoms. The zero-order chi connectivity index (χ0) is 18.4. The number of halogens is 1. The van der Waals surface area contributed by atoms with Crippen molar-refractivity contribution in [3.8, 4) is 0 Å². The summed E-state index contributed by atoms with van der Waals surface area (Å²) in [5, 5.41) is 0. The molecule has 0 bridgehead atoms. The lowest BCUT2D eigenvalue weighted by molar-refractivity contribution is 0.0162. The fraction of sp³-hybridized carbons (Fsp3) is 0.579. The van der Waals surface area contributed by atoms with Gasteiger partial charge in [-0.3, -0.25) is 4.79 Å². The van der Waals surface area contributed by atoms with Crippen LogP contribution in [0.25, 0.3) is 0 Å². The number of ketones is 1. The van der Waals surface area contributed by atoms with Crippen molar-refractivity contribution in [2.24, 2.45) is 0 Å². The molecule has 1 aromatic rings. The largest absolute Gasteiger partial charge is 0.444 e. The smallest absolute Gasteiger partial charge is 0.410 e. The van der Waals surface area contributed by atoms with Gasteiger partial charge in [0.1, 0.15) is 11.4 Å². The summed E-state index contributed by atoms with van der Waals surface area (Å²) in [6.45, 7) is 6.63. The molecule has 6 heteroatoms. The average molecular weight is 348 g/mol. The number of hydrogen-bond acceptors (Lipinski definition) is 4. The highest BCUT2D eigenvalue weighted by Crippen LogP contribution is 2.42. The SMILES string of the molecule is CN1c2ccc(F)cc2C(=O)CC12CCN(C(=O)OC(C)(C)C)CC2. The van der Waals surface area contributed by atoms with Crippen LogP contribution in [0, 0.1) is 5.82 Å². The molecule has 0 radical (unpaired) electrons. The van der Waals surface area contributed by atoms with E-state index in [9.17, 15) is 14.0 Å². The molecule has 2 aliphatic rings. The molecular formula is C19H25FN2O3. The van der Waals surface area contributed by atoms with Gasteiger partial charge in [-0.1, -0.05) is 0 Å². The van der Waals surface area contributed by atoms with Crippen molar-refractivity contribution in [1.29, 1.82) is 0 Å². The van der Waals surface area contributed by atoms with E-state index in [4.69, 9.17) is 4.74 Å². The van der Waals surface area contributed by atoms with E-state index in [2.05, 4.69) is 4.90 Å². The minimum Gasteiger partial charge on any atom is -0.444 e. The second-order valence-corrected chi connectivity index (χ2v) is 8.01. The van der Waals surface area contributed by atoms with Crippen LogP contribution in [0.1, 0.15) is 50.4 Å². The van der Waals surface area contributed by atoms with E-state index in [1.165, 1.54) is 12.1 Å². The number of Topliss-reactive ketones (excluding diaryl/α,β-unsaturated/α-hetero) is 1. The second kappa shape index (κ2) is 6.00. The monoisotopic (exact) mass is 348 g/mol. The van der Waals surface area contributed by atoms with Gasteiger partial charge in [0.05, 0.1) is 5.54 Å². The van der Waals surface area contributed by atoms with Crippen LogP contribution < -0.4 is 4.90 Å². The molecule has 1 aromatic carbocycles. The molecule has 1 amide bonds. The van der Waals surface area contributed by atoms with Crippen molar-refractivity contribution in [1.82, 2.24) is 4.90 Å². The minimum absolute atomic E-state index is 0.0293. The third kappa shape index (κ3) is 3.34. The van der Waals surface area contributed by atoms with Crippen molar-refractivity contribution in [2.45, 2.75) is 51.2 Å². The van der Waals surface area contributed by atoms with Crippen molar-refractivity contribution in [3.63, 3.8) is 0 Å². The summed E-state index contributed by atoms with van der Waals surface area (Å²) >= 11 is 0. The highest BCUT2D eigenvalue weighted by molar-refractivity contribution is 6.04. The molecule has 2 heterocycles. The summed E-state index contributed by atoms with van der Waals surface area (Å²) in [4.78, 5) is 28.6. The first kappa shape index (κ1) is 17.7. The summed E-state index contributed by atoms with van der Waals surface area (Å²) in [5.74, 6) is -0.422. The number of fused-ring (bicyclic) bond motifs is 1. The van der Waals surface area contributed by atoms with E-state index in [1.807, 2.05) is 27.8 Å². The molecule has 3 rings (SSSR count). The van der Waals surface area contributed by atoms with Gasteiger partial charge in [0.2, 0.25) is 0 Å². The number of hydrogen-bond donors (Lipinski definition) is 0. The maximum atomic E-state index is 13.5. The molecule has 2 aliphatic heterocycles. The van der Waals surface area contributed by atoms with Gasteiger partial charge in [0, 0.05) is 37.8 Å². The summed E-state index contributed by atoms with van der Waals surface area (Å²) < 4.78 is 18.9. The zero-order valence-electron chi connectivity index (χ0n) is 15.3. The van der Waals surface area contributed by atoms with Crippen LogP contribution in [0.4, 0.5) is 14.9 Å². The standard InChI is InChI=1S/C19H25FN2O3/c1-18(2,3)25-17(24)22-9-7-19(8-10-22)12-16(23)14-11-13(20)5-6-15(14)21(19)4/h5-6,11H,7-10,12H2,1-4H3. The predicted molar refractivity (Wildman–Crippen MR) is 93.5 cm³/mol. The molecule has 136 valence electrons. The number of anilines is 1. The summed E-state index contributed by atoms with van der Waals surface area (Å²) in [5.41, 5.74) is 0.374. The highest BCUT2D eigenvalue weighted by Gasteiger charge is 2.45. The maximum absolute atomic E-state index is 13.5. The second-order valence-electron chi connectivity index (χ2n) is 8.01. The van der Waals surface area contributed by atoms with Crippen molar-refractivity contribution < 1.29 is 18.7 Å². The Bertz CT molecular complexity index is 703. The summed E-state index contributed by atoms with van der Waals surface area (Å²) in [6.07, 6.45) is 1.41. The summed E-state index contributed by atoms with van der Waals surface area (Å²) in [6, 6.07) is 4.37. The van der Waals surface area contributed by atoms with E-state index in [0.29, 0.717) is 37.9 Å². The Morgan fingerprint density at radius 1 is 1.24 bits per heavy atom. The average Bonchev–Trinajstić information content (AvgIpc) is 2.52. The first-order chi connectivity index (χ1) is 11.6. The number of rotatable bonds is 0. The fourth-order valence-corrected chi connectivity index (χ4v) is 3.74. The van der Waals surface area contributed by atoms with Crippen LogP contribution in [0.5, 0.6) is 0 Å². The maximum Gasteiger partial charge on any atom is 0.410 e. The van der Waals surface area contributed by atoms with Crippen LogP contribution in [-0.2, 0) is 4.74 Å². The van der Waals surface area contributed by atoms with Crippen LogP contribution in [0.15, 0.2) is 18.2 Å². The minimum atomic E-state index is -0.521. The molecule has 0 atom stereocenters. The molecule has 1 fully saturated rings. The Hall–Kier alpha value is -2.11. The van der Waals surface area contributed by atoms with E-state index in [-0.39, 0.29) is 17.4 Å². The molecule has 0 N–H and O–H groups in total. The molecule has 0 aliphatic carbocycles. The van der Waals surface area contributed by atoms with Crippen LogP contribution in [-0.4, -0.2) is 48.1 Å².